The molecule has 0 aliphatic heterocycles. The average Bonchev–Trinajstić information content (AvgIpc) is 2.88. The normalized spacial score (nSPS) is 12.7. The van der Waals surface area contributed by atoms with Crippen LogP contribution in [0, 0.1) is 29.1 Å². The summed E-state index contributed by atoms with van der Waals surface area (Å²) in [6.07, 6.45) is 1.51. The number of nitrogens with one attached hydrogen (secondary N) is 1. The lowest BCUT2D eigenvalue weighted by Gasteiger charge is -2.18. The van der Waals surface area contributed by atoms with E-state index in [1.54, 1.807) is 14.0 Å². The van der Waals surface area contributed by atoms with Crippen molar-refractivity contribution in [3.63, 3.8) is 0 Å². The van der Waals surface area contributed by atoms with Gasteiger partial charge in [0.25, 0.3) is 0 Å². The molecule has 2 rings (SSSR count). The fraction of sp³-hybridized carbons (Fsp3) is 0.308. The summed E-state index contributed by atoms with van der Waals surface area (Å²) in [7, 11) is 1.57. The Labute approximate surface area is 117 Å². The molecule has 3 nitrogen and oxygen atoms in total. The second-order valence-electron chi connectivity index (χ2n) is 4.39. The molecule has 0 spiro atoms. The fourth-order valence-electron chi connectivity index (χ4n) is 2.02. The largest absolute Gasteiger partial charge is 0.305 e. The Hall–Kier alpha value is -1.96. The van der Waals surface area contributed by atoms with Crippen molar-refractivity contribution in [2.45, 2.75) is 13.0 Å². The standard InChI is InChI=1S/C13H12F5N3/c1-3-19-13(6-4-5-21(2)20-6)7-8(14)10(16)12(18)11(17)9(7)15/h4-5,13,19H,3H2,1-2H3. The Balaban J connectivity index is 2.66. The monoisotopic (exact) mass is 305 g/mol. The van der Waals surface area contributed by atoms with Crippen LogP contribution in [-0.4, -0.2) is 16.3 Å². The van der Waals surface area contributed by atoms with E-state index in [9.17, 15) is 22.0 Å². The van der Waals surface area contributed by atoms with Gasteiger partial charge in [0.1, 0.15) is 0 Å². The Morgan fingerprint density at radius 2 is 1.57 bits per heavy atom. The number of nitrogens with zero attached hydrogens (tertiary/aromatic N) is 2. The zero-order valence-corrected chi connectivity index (χ0v) is 11.2. The number of hydrogen-bond donors (Lipinski definition) is 1. The van der Waals surface area contributed by atoms with Crippen molar-refractivity contribution >= 4 is 0 Å². The molecule has 0 aliphatic rings. The quantitative estimate of drug-likeness (QED) is 0.535. The Morgan fingerprint density at radius 1 is 1.05 bits per heavy atom. The lowest BCUT2D eigenvalue weighted by atomic mass is 10.0. The van der Waals surface area contributed by atoms with Gasteiger partial charge in [-0.3, -0.25) is 4.68 Å². The zero-order chi connectivity index (χ0) is 15.7. The third kappa shape index (κ3) is 2.63. The van der Waals surface area contributed by atoms with Crippen LogP contribution in [0.5, 0.6) is 0 Å². The first-order chi connectivity index (χ1) is 9.88. The highest BCUT2D eigenvalue weighted by atomic mass is 19.2. The number of aromatic nitrogens is 2. The maximum atomic E-state index is 13.9. The van der Waals surface area contributed by atoms with Crippen LogP contribution in [0.4, 0.5) is 22.0 Å². The van der Waals surface area contributed by atoms with Crippen molar-refractivity contribution in [1.29, 1.82) is 0 Å². The molecule has 1 atom stereocenters. The van der Waals surface area contributed by atoms with E-state index in [-0.39, 0.29) is 12.2 Å². The van der Waals surface area contributed by atoms with Crippen molar-refractivity contribution in [1.82, 2.24) is 15.1 Å². The molecule has 1 aromatic heterocycles. The molecule has 1 unspecified atom stereocenters. The minimum Gasteiger partial charge on any atom is -0.305 e. The summed E-state index contributed by atoms with van der Waals surface area (Å²) in [5, 5.41) is 6.62. The van der Waals surface area contributed by atoms with Gasteiger partial charge in [-0.1, -0.05) is 6.92 Å². The van der Waals surface area contributed by atoms with Crippen LogP contribution < -0.4 is 5.32 Å². The van der Waals surface area contributed by atoms with E-state index in [4.69, 9.17) is 0 Å². The smallest absolute Gasteiger partial charge is 0.200 e. The summed E-state index contributed by atoms with van der Waals surface area (Å²) in [4.78, 5) is 0. The second kappa shape index (κ2) is 5.80. The first-order valence-electron chi connectivity index (χ1n) is 6.12. The number of rotatable bonds is 4. The summed E-state index contributed by atoms with van der Waals surface area (Å²) in [5.74, 6) is -9.83. The van der Waals surface area contributed by atoms with E-state index < -0.39 is 40.7 Å². The SMILES string of the molecule is CCNC(c1ccn(C)n1)c1c(F)c(F)c(F)c(F)c1F. The molecule has 114 valence electrons. The van der Waals surface area contributed by atoms with Gasteiger partial charge in [-0.2, -0.15) is 5.10 Å². The van der Waals surface area contributed by atoms with Gasteiger partial charge in [-0.05, 0) is 12.6 Å². The van der Waals surface area contributed by atoms with Crippen LogP contribution in [-0.2, 0) is 7.05 Å². The van der Waals surface area contributed by atoms with Crippen LogP contribution in [0.25, 0.3) is 0 Å². The molecule has 2 aromatic rings. The lowest BCUT2D eigenvalue weighted by molar-refractivity contribution is 0.361. The van der Waals surface area contributed by atoms with Gasteiger partial charge in [0, 0.05) is 13.2 Å². The third-order valence-corrected chi connectivity index (χ3v) is 2.97. The molecule has 1 N–H and O–H groups in total. The highest BCUT2D eigenvalue weighted by molar-refractivity contribution is 5.32. The van der Waals surface area contributed by atoms with E-state index in [0.29, 0.717) is 0 Å². The minimum atomic E-state index is -2.18. The van der Waals surface area contributed by atoms with E-state index in [1.165, 1.54) is 16.9 Å². The number of halogens is 5. The topological polar surface area (TPSA) is 29.9 Å². The molecular formula is C13H12F5N3. The van der Waals surface area contributed by atoms with Gasteiger partial charge >= 0.3 is 0 Å². The van der Waals surface area contributed by atoms with E-state index in [0.717, 1.165) is 0 Å². The summed E-state index contributed by atoms with van der Waals surface area (Å²) >= 11 is 0. The van der Waals surface area contributed by atoms with Gasteiger partial charge in [-0.15, -0.1) is 0 Å². The van der Waals surface area contributed by atoms with Crippen LogP contribution in [0.2, 0.25) is 0 Å². The molecular weight excluding hydrogens is 293 g/mol. The molecule has 1 heterocycles. The van der Waals surface area contributed by atoms with E-state index in [2.05, 4.69) is 10.4 Å². The van der Waals surface area contributed by atoms with Crippen LogP contribution in [0.15, 0.2) is 12.3 Å². The molecule has 0 saturated heterocycles. The summed E-state index contributed by atoms with van der Waals surface area (Å²) in [6, 6.07) is 0.201. The maximum absolute atomic E-state index is 13.9. The molecule has 0 saturated carbocycles. The molecule has 0 radical (unpaired) electrons. The predicted molar refractivity (Wildman–Crippen MR) is 65.0 cm³/mol. The van der Waals surface area contributed by atoms with Crippen molar-refractivity contribution in [2.24, 2.45) is 7.05 Å². The Kier molecular flexibility index (Phi) is 4.26. The van der Waals surface area contributed by atoms with Crippen LogP contribution >= 0.6 is 0 Å². The van der Waals surface area contributed by atoms with Crippen LogP contribution in [0.3, 0.4) is 0 Å². The second-order valence-corrected chi connectivity index (χ2v) is 4.39. The summed E-state index contributed by atoms with van der Waals surface area (Å²) in [6.45, 7) is 1.89. The highest BCUT2D eigenvalue weighted by Crippen LogP contribution is 2.30. The first kappa shape index (κ1) is 15.4. The summed E-state index contributed by atoms with van der Waals surface area (Å²) in [5.41, 5.74) is -0.783. The zero-order valence-electron chi connectivity index (χ0n) is 11.2. The van der Waals surface area contributed by atoms with Crippen molar-refractivity contribution < 1.29 is 22.0 Å². The third-order valence-electron chi connectivity index (χ3n) is 2.97. The molecule has 1 aromatic carbocycles. The van der Waals surface area contributed by atoms with Crippen molar-refractivity contribution in [2.75, 3.05) is 6.54 Å². The molecule has 0 bridgehead atoms. The minimum absolute atomic E-state index is 0.155. The molecule has 0 fully saturated rings. The Bertz CT molecular complexity index is 639. The van der Waals surface area contributed by atoms with Crippen molar-refractivity contribution in [3.05, 3.63) is 52.6 Å². The number of benzene rings is 1. The van der Waals surface area contributed by atoms with Gasteiger partial charge in [0.05, 0.1) is 17.3 Å². The predicted octanol–water partition coefficient (Wildman–Crippen LogP) is 2.81. The maximum Gasteiger partial charge on any atom is 0.200 e. The molecule has 21 heavy (non-hydrogen) atoms. The van der Waals surface area contributed by atoms with E-state index in [1.807, 2.05) is 0 Å². The molecule has 0 amide bonds. The fourth-order valence-corrected chi connectivity index (χ4v) is 2.02. The first-order valence-corrected chi connectivity index (χ1v) is 6.12. The van der Waals surface area contributed by atoms with Gasteiger partial charge in [-0.25, -0.2) is 22.0 Å². The Morgan fingerprint density at radius 3 is 2.00 bits per heavy atom. The summed E-state index contributed by atoms with van der Waals surface area (Å²) < 4.78 is 68.8. The average molecular weight is 305 g/mol. The number of hydrogen-bond acceptors (Lipinski definition) is 2. The van der Waals surface area contributed by atoms with Gasteiger partial charge in [0.15, 0.2) is 23.3 Å². The van der Waals surface area contributed by atoms with Crippen molar-refractivity contribution in [3.8, 4) is 0 Å². The molecule has 8 heteroatoms. The number of aryl methyl sites for hydroxylation is 1. The van der Waals surface area contributed by atoms with Gasteiger partial charge < -0.3 is 5.32 Å². The highest BCUT2D eigenvalue weighted by Gasteiger charge is 2.31. The lowest BCUT2D eigenvalue weighted by Crippen LogP contribution is -2.26. The van der Waals surface area contributed by atoms with E-state index >= 15 is 0 Å². The van der Waals surface area contributed by atoms with Gasteiger partial charge in [0.2, 0.25) is 5.82 Å². The van der Waals surface area contributed by atoms with Crippen LogP contribution in [0.1, 0.15) is 24.2 Å². The molecule has 0 aliphatic carbocycles.